The fraction of sp³-hybridized carbons (Fsp3) is 0.481. The van der Waals surface area contributed by atoms with Gasteiger partial charge in [-0.15, -0.1) is 0 Å². The number of esters is 1. The van der Waals surface area contributed by atoms with E-state index in [1.165, 1.54) is 40.3 Å². The number of hydrogen-bond donors (Lipinski definition) is 1. The van der Waals surface area contributed by atoms with E-state index in [4.69, 9.17) is 43.3 Å². The Morgan fingerprint density at radius 3 is 1.33 bits per heavy atom. The molecule has 0 spiro atoms. The van der Waals surface area contributed by atoms with Gasteiger partial charge in [-0.25, -0.2) is 9.59 Å². The quantitative estimate of drug-likeness (QED) is 0.0479. The molecule has 12 atom stereocenters. The molecule has 9 heterocycles. The van der Waals surface area contributed by atoms with Gasteiger partial charge in [0.2, 0.25) is 17.7 Å². The van der Waals surface area contributed by atoms with Crippen molar-refractivity contribution < 1.29 is 191 Å². The Bertz CT molecular complexity index is 3750. The molecule has 24 nitrogen and oxygen atoms in total. The second-order valence-corrected chi connectivity index (χ2v) is 28.7. The molecule has 6 unspecified atom stereocenters. The van der Waals surface area contributed by atoms with Gasteiger partial charge >= 0.3 is 127 Å². The number of likely N-dealkylation sites (tertiary alicyclic amines) is 2. The molecular formula is C77H90K2N6O18. The average molecular weight is 1470 g/mol. The Kier molecular flexibility index (Phi) is 29.6. The van der Waals surface area contributed by atoms with Crippen LogP contribution in [-0.2, 0) is 71.7 Å². The van der Waals surface area contributed by atoms with Gasteiger partial charge in [-0.1, -0.05) is 154 Å². The van der Waals surface area contributed by atoms with E-state index in [2.05, 4.69) is 109 Å². The van der Waals surface area contributed by atoms with E-state index < -0.39 is 30.0 Å². The number of hydrogen-bond acceptors (Lipinski definition) is 19. The van der Waals surface area contributed by atoms with Crippen LogP contribution in [0.1, 0.15) is 142 Å². The summed E-state index contributed by atoms with van der Waals surface area (Å²) in [5.74, 6) is 0.251. The van der Waals surface area contributed by atoms with Crippen molar-refractivity contribution in [3.05, 3.63) is 156 Å². The zero-order chi connectivity index (χ0) is 72.3. The van der Waals surface area contributed by atoms with Crippen LogP contribution >= 0.6 is 0 Å². The maximum absolute atomic E-state index is 13.5. The maximum Gasteiger partial charge on any atom is 1.00 e. The third kappa shape index (κ3) is 18.7. The van der Waals surface area contributed by atoms with Gasteiger partial charge in [0, 0.05) is 68.5 Å². The van der Waals surface area contributed by atoms with Gasteiger partial charge in [-0.3, -0.25) is 53.2 Å². The summed E-state index contributed by atoms with van der Waals surface area (Å²) in [6.07, 6.45) is 18.7. The number of fused-ring (bicyclic) bond motifs is 12. The molecule has 15 rings (SSSR count). The molecule has 11 aliphatic rings. The monoisotopic (exact) mass is 1460 g/mol. The second-order valence-electron chi connectivity index (χ2n) is 28.7. The van der Waals surface area contributed by atoms with Crippen molar-refractivity contribution in [2.75, 3.05) is 32.8 Å². The topological polar surface area (TPSA) is 294 Å². The van der Waals surface area contributed by atoms with Crippen molar-refractivity contribution >= 4 is 61.4 Å². The van der Waals surface area contributed by atoms with Gasteiger partial charge < -0.3 is 45.5 Å². The molecule has 0 aromatic heterocycles. The van der Waals surface area contributed by atoms with Gasteiger partial charge in [0.15, 0.2) is 12.5 Å². The molecule has 9 aliphatic heterocycles. The van der Waals surface area contributed by atoms with Crippen molar-refractivity contribution in [1.29, 1.82) is 0 Å². The van der Waals surface area contributed by atoms with E-state index in [-0.39, 0.29) is 219 Å². The minimum absolute atomic E-state index is 0. The van der Waals surface area contributed by atoms with Crippen molar-refractivity contribution in [3.8, 4) is 22.3 Å². The zero-order valence-electron chi connectivity index (χ0n) is 61.0. The van der Waals surface area contributed by atoms with Crippen molar-refractivity contribution in [2.24, 2.45) is 23.2 Å². The number of carbonyl (C=O) groups is 9. The normalized spacial score (nSPS) is 25.9. The standard InChI is InChI=1S/C27H26N2O5.C20H32N2O3.C16H14O2.C12H16N2O3.CH2O3.CO2.2K.H/c30-16-34-24-12-11-18-10-9-17-13-14-28(25(17)26(31)29(18)24)27(32)33-15-23-21-7-3-1-5-19(21)20-6-2-4-8-22(20)23;1-19(2,3)15-10-9-14-8-7-13-11-12-21(16(13)17(23)22(14)15)18(24)25-20(4,5)6;1-11(17)18-10-16-14-8-4-2-6-12(14)13-7-3-5-9-15(13)16;15-7-17-10-4-3-9-2-1-8-5-6-13-11(8)12(16)14(9)10;2-1-4-3;2-1-3;;;/h1-10,16-18,23-25H,11-15H2;7-8,13-16H,9-12H2,1-6H3;2-9,16H,10H2,1H3;1-2,7-11,13H,3-6H2;1,3H;;;;/q;;;;;;2*+1;-1/p-1/t17-,18?,24+,25?;13-,14?,15-,16?;;8-,9?,10+,11?;;;;;/m00.0...../s1. The molecule has 0 bridgehead atoms. The minimum atomic E-state index is -0.632. The molecule has 538 valence electrons. The first-order valence-corrected chi connectivity index (χ1v) is 34.6. The van der Waals surface area contributed by atoms with Crippen LogP contribution in [0.2, 0.25) is 0 Å². The molecule has 0 saturated carbocycles. The second kappa shape index (κ2) is 37.2. The summed E-state index contributed by atoms with van der Waals surface area (Å²) >= 11 is 0. The molecule has 1 N–H and O–H groups in total. The van der Waals surface area contributed by atoms with E-state index in [0.717, 1.165) is 62.6 Å². The maximum atomic E-state index is 13.5. The summed E-state index contributed by atoms with van der Waals surface area (Å²) < 4.78 is 26.8. The Balaban J connectivity index is 0.000000192. The van der Waals surface area contributed by atoms with Crippen LogP contribution in [0, 0.1) is 23.2 Å². The third-order valence-corrected chi connectivity index (χ3v) is 20.7. The Morgan fingerprint density at radius 2 is 0.913 bits per heavy atom. The summed E-state index contributed by atoms with van der Waals surface area (Å²) in [6, 6.07) is 32.3. The van der Waals surface area contributed by atoms with Gasteiger partial charge in [-0.05, 0) is 122 Å². The number of nitrogens with zero attached hydrogens (tertiary/aromatic N) is 5. The zero-order valence-corrected chi connectivity index (χ0v) is 66.2. The van der Waals surface area contributed by atoms with Gasteiger partial charge in [-0.2, -0.15) is 9.59 Å². The average Bonchev–Trinajstić information content (AvgIpc) is 1.63. The molecule has 6 fully saturated rings. The van der Waals surface area contributed by atoms with Crippen LogP contribution < -0.4 is 113 Å². The molecule has 6 saturated heterocycles. The number of carbonyl (C=O) groups excluding carboxylic acids is 11. The molecule has 103 heavy (non-hydrogen) atoms. The molecule has 4 aromatic rings. The summed E-state index contributed by atoms with van der Waals surface area (Å²) in [5.41, 5.74) is 9.14. The van der Waals surface area contributed by atoms with E-state index in [0.29, 0.717) is 51.4 Å². The van der Waals surface area contributed by atoms with Crippen LogP contribution in [0.5, 0.6) is 0 Å². The first-order chi connectivity index (χ1) is 48.6. The van der Waals surface area contributed by atoms with Crippen molar-refractivity contribution in [1.82, 2.24) is 29.8 Å². The van der Waals surface area contributed by atoms with Crippen LogP contribution in [0.25, 0.3) is 22.3 Å². The first kappa shape index (κ1) is 82.2. The minimum Gasteiger partial charge on any atom is -1.00 e. The summed E-state index contributed by atoms with van der Waals surface area (Å²) in [4.78, 5) is 134. The summed E-state index contributed by atoms with van der Waals surface area (Å²) in [6.45, 7) is 16.8. The number of rotatable bonds is 9. The number of amides is 5. The van der Waals surface area contributed by atoms with Gasteiger partial charge in [0.25, 0.3) is 19.4 Å². The Hall–Kier alpha value is -6.50. The molecule has 4 aromatic carbocycles. The van der Waals surface area contributed by atoms with E-state index in [1.54, 1.807) is 19.6 Å². The Morgan fingerprint density at radius 1 is 0.524 bits per heavy atom. The van der Waals surface area contributed by atoms with Crippen molar-refractivity contribution in [3.63, 3.8) is 0 Å². The number of ether oxygens (including phenoxy) is 5. The van der Waals surface area contributed by atoms with Gasteiger partial charge in [0.05, 0.1) is 24.2 Å². The molecule has 2 aliphatic carbocycles. The predicted molar refractivity (Wildman–Crippen MR) is 364 cm³/mol. The van der Waals surface area contributed by atoms with Crippen molar-refractivity contribution in [2.45, 2.75) is 178 Å². The largest absolute Gasteiger partial charge is 1.00 e. The van der Waals surface area contributed by atoms with E-state index in [1.807, 2.05) is 81.5 Å². The van der Waals surface area contributed by atoms with E-state index >= 15 is 0 Å². The SMILES string of the molecule is CC(=O)OCC1c2ccccc2-c2ccccc21.CC(C)(C)OC(=O)N1CC[C@@H]2C=CC3CC[C@@H](C(C)(C)C)N3C(=O)C21.O=C=O.O=CO[C@@H]1CCC2C=C[C@H]3CCN(C(=O)OCC4c5ccccc5-c5ccccc54)C3C(=O)N21.O=CO[C@@H]1CCC2C=C[C@H]3CCNC3C(=O)N21.O=CO[O-].[H-].[K+].[K+]. The van der Waals surface area contributed by atoms with Crippen LogP contribution in [0.15, 0.2) is 134 Å². The summed E-state index contributed by atoms with van der Waals surface area (Å²) in [5, 5.41) is 11.7. The van der Waals surface area contributed by atoms with Crippen LogP contribution in [-0.4, -0.2) is 179 Å². The number of benzene rings is 4. The molecule has 5 amide bonds. The predicted octanol–water partition coefficient (Wildman–Crippen LogP) is 2.63. The van der Waals surface area contributed by atoms with Crippen LogP contribution in [0.4, 0.5) is 9.59 Å². The van der Waals surface area contributed by atoms with Gasteiger partial charge in [0.1, 0.15) is 30.9 Å². The molecular weight excluding hydrogens is 1380 g/mol. The fourth-order valence-electron chi connectivity index (χ4n) is 16.4. The third-order valence-electron chi connectivity index (χ3n) is 20.7. The fourth-order valence-corrected chi connectivity index (χ4v) is 16.4. The first-order valence-electron chi connectivity index (χ1n) is 34.6. The molecule has 26 heteroatoms. The van der Waals surface area contributed by atoms with Crippen LogP contribution in [0.3, 0.4) is 0 Å². The smallest absolute Gasteiger partial charge is 1.00 e. The summed E-state index contributed by atoms with van der Waals surface area (Å²) in [7, 11) is 0. The number of nitrogens with one attached hydrogen (secondary N) is 1. The Labute approximate surface area is 687 Å². The van der Waals surface area contributed by atoms with E-state index in [9.17, 15) is 38.4 Å². The molecule has 0 radical (unpaired) electrons.